The number of rotatable bonds is 4. The van der Waals surface area contributed by atoms with Gasteiger partial charge in [0.15, 0.2) is 11.6 Å². The predicted molar refractivity (Wildman–Crippen MR) is 61.7 cm³/mol. The maximum atomic E-state index is 13.5. The third-order valence-corrected chi connectivity index (χ3v) is 2.58. The fraction of sp³-hybridized carbons (Fsp3) is 0.231. The lowest BCUT2D eigenvalue weighted by Gasteiger charge is -2.16. The summed E-state index contributed by atoms with van der Waals surface area (Å²) >= 11 is 0. The van der Waals surface area contributed by atoms with Gasteiger partial charge < -0.3 is 9.73 Å². The molecule has 1 aromatic carbocycles. The van der Waals surface area contributed by atoms with Gasteiger partial charge in [-0.15, -0.1) is 0 Å². The van der Waals surface area contributed by atoms with Gasteiger partial charge in [-0.1, -0.05) is 13.0 Å². The summed E-state index contributed by atoms with van der Waals surface area (Å²) < 4.78 is 31.8. The Kier molecular flexibility index (Phi) is 3.42. The maximum absolute atomic E-state index is 13.5. The van der Waals surface area contributed by atoms with Crippen LogP contribution in [0.15, 0.2) is 41.0 Å². The minimum atomic E-state index is -0.863. The molecule has 0 aliphatic rings. The predicted octanol–water partition coefficient (Wildman–Crippen LogP) is 4.12. The van der Waals surface area contributed by atoms with Gasteiger partial charge in [0, 0.05) is 0 Å². The maximum Gasteiger partial charge on any atom is 0.181 e. The van der Waals surface area contributed by atoms with Crippen LogP contribution < -0.4 is 5.32 Å². The van der Waals surface area contributed by atoms with Gasteiger partial charge in [-0.05, 0) is 30.7 Å². The summed E-state index contributed by atoms with van der Waals surface area (Å²) in [5.74, 6) is -1.02. The summed E-state index contributed by atoms with van der Waals surface area (Å²) in [5, 5.41) is 2.93. The molecule has 0 aliphatic heterocycles. The minimum absolute atomic E-state index is 0.147. The fourth-order valence-electron chi connectivity index (χ4n) is 1.67. The molecule has 1 N–H and O–H groups in total. The van der Waals surface area contributed by atoms with Crippen molar-refractivity contribution in [2.45, 2.75) is 19.4 Å². The molecule has 0 aliphatic carbocycles. The Balaban J connectivity index is 2.22. The first-order chi connectivity index (χ1) is 8.22. The zero-order valence-electron chi connectivity index (χ0n) is 9.41. The molecule has 2 rings (SSSR count). The topological polar surface area (TPSA) is 25.2 Å². The highest BCUT2D eigenvalue weighted by Gasteiger charge is 2.15. The molecule has 17 heavy (non-hydrogen) atoms. The number of halogens is 2. The second kappa shape index (κ2) is 4.99. The third-order valence-electron chi connectivity index (χ3n) is 2.58. The van der Waals surface area contributed by atoms with Gasteiger partial charge in [0.1, 0.15) is 5.76 Å². The lowest BCUT2D eigenvalue weighted by molar-refractivity contribution is 0.469. The van der Waals surface area contributed by atoms with Gasteiger partial charge in [-0.25, -0.2) is 8.78 Å². The van der Waals surface area contributed by atoms with Gasteiger partial charge in [0.2, 0.25) is 0 Å². The quantitative estimate of drug-likeness (QED) is 0.865. The molecule has 90 valence electrons. The molecule has 1 aromatic heterocycles. The zero-order chi connectivity index (χ0) is 12.3. The lowest BCUT2D eigenvalue weighted by atomic mass is 10.1. The molecule has 2 nitrogen and oxygen atoms in total. The largest absolute Gasteiger partial charge is 0.467 e. The third kappa shape index (κ3) is 2.46. The molecule has 0 spiro atoms. The van der Waals surface area contributed by atoms with Crippen LogP contribution in [0.25, 0.3) is 0 Å². The van der Waals surface area contributed by atoms with Gasteiger partial charge in [-0.2, -0.15) is 0 Å². The molecule has 0 fully saturated rings. The average Bonchev–Trinajstić information content (AvgIpc) is 2.85. The molecule has 1 unspecified atom stereocenters. The summed E-state index contributed by atoms with van der Waals surface area (Å²) in [5.41, 5.74) is 0.147. The second-order valence-corrected chi connectivity index (χ2v) is 3.72. The molecule has 1 atom stereocenters. The number of hydrogen-bond donors (Lipinski definition) is 1. The first-order valence-corrected chi connectivity index (χ1v) is 5.46. The number of furan rings is 1. The van der Waals surface area contributed by atoms with Crippen molar-refractivity contribution in [2.24, 2.45) is 0 Å². The van der Waals surface area contributed by atoms with Crippen molar-refractivity contribution in [3.8, 4) is 0 Å². The smallest absolute Gasteiger partial charge is 0.181 e. The van der Waals surface area contributed by atoms with Crippen LogP contribution in [0.1, 0.15) is 25.1 Å². The lowest BCUT2D eigenvalue weighted by Crippen LogP contribution is -2.10. The van der Waals surface area contributed by atoms with Crippen molar-refractivity contribution in [1.29, 1.82) is 0 Å². The van der Waals surface area contributed by atoms with E-state index in [0.717, 1.165) is 6.07 Å². The highest BCUT2D eigenvalue weighted by molar-refractivity contribution is 5.46. The van der Waals surface area contributed by atoms with Crippen molar-refractivity contribution in [1.82, 2.24) is 0 Å². The Labute approximate surface area is 98.3 Å². The molecule has 0 radical (unpaired) electrons. The van der Waals surface area contributed by atoms with Crippen LogP contribution in [0.2, 0.25) is 0 Å². The Hall–Kier alpha value is -1.84. The van der Waals surface area contributed by atoms with Crippen molar-refractivity contribution in [3.63, 3.8) is 0 Å². The van der Waals surface area contributed by atoms with Gasteiger partial charge >= 0.3 is 0 Å². The average molecular weight is 237 g/mol. The summed E-state index contributed by atoms with van der Waals surface area (Å²) in [7, 11) is 0. The number of nitrogens with one attached hydrogen (secondary N) is 1. The van der Waals surface area contributed by atoms with E-state index in [0.29, 0.717) is 12.2 Å². The molecule has 4 heteroatoms. The van der Waals surface area contributed by atoms with E-state index in [-0.39, 0.29) is 11.7 Å². The Morgan fingerprint density at radius 2 is 2.06 bits per heavy atom. The van der Waals surface area contributed by atoms with Gasteiger partial charge in [0.05, 0.1) is 18.0 Å². The van der Waals surface area contributed by atoms with Crippen LogP contribution in [0, 0.1) is 11.6 Å². The highest BCUT2D eigenvalue weighted by atomic mass is 19.2. The van der Waals surface area contributed by atoms with E-state index in [1.165, 1.54) is 12.1 Å². The van der Waals surface area contributed by atoms with Crippen molar-refractivity contribution < 1.29 is 13.2 Å². The van der Waals surface area contributed by atoms with Crippen molar-refractivity contribution in [2.75, 3.05) is 5.32 Å². The van der Waals surface area contributed by atoms with Gasteiger partial charge in [0.25, 0.3) is 0 Å². The molecule has 1 heterocycles. The fourth-order valence-corrected chi connectivity index (χ4v) is 1.67. The molecular weight excluding hydrogens is 224 g/mol. The summed E-state index contributed by atoms with van der Waals surface area (Å²) in [6.45, 7) is 1.94. The SMILES string of the molecule is CCC(Nc1cccc(F)c1F)c1ccco1. The Bertz CT molecular complexity index is 482. The van der Waals surface area contributed by atoms with E-state index >= 15 is 0 Å². The standard InChI is InChI=1S/C13H13F2NO/c1-2-10(12-7-4-8-17-12)16-11-6-3-5-9(14)13(11)15/h3-8,10,16H,2H2,1H3. The second-order valence-electron chi connectivity index (χ2n) is 3.72. The van der Waals surface area contributed by atoms with Crippen molar-refractivity contribution in [3.05, 3.63) is 54.0 Å². The van der Waals surface area contributed by atoms with E-state index in [1.807, 2.05) is 6.92 Å². The van der Waals surface area contributed by atoms with Crippen LogP contribution in [-0.2, 0) is 0 Å². The Morgan fingerprint density at radius 3 is 2.71 bits per heavy atom. The molecular formula is C13H13F2NO. The molecule has 0 saturated carbocycles. The van der Waals surface area contributed by atoms with Crippen LogP contribution in [0.5, 0.6) is 0 Å². The molecule has 2 aromatic rings. The van der Waals surface area contributed by atoms with Crippen LogP contribution in [0.3, 0.4) is 0 Å². The van der Waals surface area contributed by atoms with Gasteiger partial charge in [-0.3, -0.25) is 0 Å². The molecule has 0 bridgehead atoms. The normalized spacial score (nSPS) is 12.4. The van der Waals surface area contributed by atoms with Crippen LogP contribution in [0.4, 0.5) is 14.5 Å². The summed E-state index contributed by atoms with van der Waals surface area (Å²) in [6.07, 6.45) is 2.27. The molecule has 0 amide bonds. The Morgan fingerprint density at radius 1 is 1.24 bits per heavy atom. The van der Waals surface area contributed by atoms with E-state index in [1.54, 1.807) is 18.4 Å². The number of hydrogen-bond acceptors (Lipinski definition) is 2. The highest BCUT2D eigenvalue weighted by Crippen LogP contribution is 2.25. The van der Waals surface area contributed by atoms with E-state index in [4.69, 9.17) is 4.42 Å². The van der Waals surface area contributed by atoms with E-state index in [2.05, 4.69) is 5.32 Å². The first kappa shape index (κ1) is 11.6. The van der Waals surface area contributed by atoms with Crippen LogP contribution in [-0.4, -0.2) is 0 Å². The summed E-state index contributed by atoms with van der Waals surface area (Å²) in [4.78, 5) is 0. The number of benzene rings is 1. The first-order valence-electron chi connectivity index (χ1n) is 5.46. The van der Waals surface area contributed by atoms with Crippen LogP contribution >= 0.6 is 0 Å². The molecule has 0 saturated heterocycles. The monoisotopic (exact) mass is 237 g/mol. The summed E-state index contributed by atoms with van der Waals surface area (Å²) in [6, 6.07) is 7.47. The van der Waals surface area contributed by atoms with E-state index < -0.39 is 11.6 Å². The minimum Gasteiger partial charge on any atom is -0.467 e. The van der Waals surface area contributed by atoms with E-state index in [9.17, 15) is 8.78 Å². The number of anilines is 1. The zero-order valence-corrected chi connectivity index (χ0v) is 9.41. The van der Waals surface area contributed by atoms with Crippen molar-refractivity contribution >= 4 is 5.69 Å².